The van der Waals surface area contributed by atoms with Gasteiger partial charge in [0, 0.05) is 0 Å². The van der Waals surface area contributed by atoms with Crippen LogP contribution in [0.1, 0.15) is 117 Å². The Bertz CT molecular complexity index is 243. The summed E-state index contributed by atoms with van der Waals surface area (Å²) < 4.78 is 0. The van der Waals surface area contributed by atoms with Crippen molar-refractivity contribution in [3.8, 4) is 0 Å². The number of hydrogen-bond acceptors (Lipinski definition) is 0. The fourth-order valence-corrected chi connectivity index (χ4v) is 4.87. The van der Waals surface area contributed by atoms with Crippen LogP contribution in [-0.2, 0) is 0 Å². The second kappa shape index (κ2) is 23.3. The zero-order chi connectivity index (χ0) is 17.6. The highest BCUT2D eigenvalue weighted by Gasteiger charge is 1.90. The van der Waals surface area contributed by atoms with Crippen molar-refractivity contribution in [3.05, 3.63) is 23.8 Å². The molecule has 0 saturated heterocycles. The van der Waals surface area contributed by atoms with Gasteiger partial charge in [0.25, 0.3) is 0 Å². The lowest BCUT2D eigenvalue weighted by molar-refractivity contribution is 0.592. The van der Waals surface area contributed by atoms with Crippen molar-refractivity contribution >= 4 is 16.5 Å². The summed E-state index contributed by atoms with van der Waals surface area (Å²) in [4.78, 5) is 0. The SMILES string of the molecule is CCCCCCCCC/C=C/PP/C=C/CCCCCCCCC. The van der Waals surface area contributed by atoms with Crippen LogP contribution in [0, 0.1) is 0 Å². The second-order valence-corrected chi connectivity index (χ2v) is 9.89. The first kappa shape index (κ1) is 24.3. The highest BCUT2D eigenvalue weighted by atomic mass is 32.0. The van der Waals surface area contributed by atoms with Gasteiger partial charge in [-0.2, -0.15) is 0 Å². The summed E-state index contributed by atoms with van der Waals surface area (Å²) in [5.74, 6) is 4.85. The van der Waals surface area contributed by atoms with Gasteiger partial charge in [0.2, 0.25) is 0 Å². The molecule has 0 heterocycles. The highest BCUT2D eigenvalue weighted by molar-refractivity contribution is 8.14. The van der Waals surface area contributed by atoms with Gasteiger partial charge in [0.1, 0.15) is 0 Å². The standard InChI is InChI=1S/C22H44P2/c1-3-5-7-9-11-13-15-17-19-21-23-24-22-20-18-16-14-12-10-8-6-4-2/h19-24H,3-18H2,1-2H3/b21-19+,22-20+. The molecule has 0 N–H and O–H groups in total. The largest absolute Gasteiger partial charge is 0.0840 e. The predicted octanol–water partition coefficient (Wildman–Crippen LogP) is 9.57. The number of unbranched alkanes of at least 4 members (excludes halogenated alkanes) is 14. The first-order valence-corrected chi connectivity index (χ1v) is 13.9. The van der Waals surface area contributed by atoms with E-state index in [2.05, 4.69) is 37.6 Å². The van der Waals surface area contributed by atoms with Gasteiger partial charge < -0.3 is 0 Å². The van der Waals surface area contributed by atoms with E-state index in [4.69, 9.17) is 0 Å². The average molecular weight is 371 g/mol. The Labute approximate surface area is 157 Å². The molecule has 142 valence electrons. The fraction of sp³-hybridized carbons (Fsp3) is 0.818. The van der Waals surface area contributed by atoms with Crippen LogP contribution in [-0.4, -0.2) is 0 Å². The Kier molecular flexibility index (Phi) is 23.7. The van der Waals surface area contributed by atoms with Crippen molar-refractivity contribution < 1.29 is 0 Å². The fourth-order valence-electron chi connectivity index (χ4n) is 2.82. The van der Waals surface area contributed by atoms with E-state index in [1.807, 2.05) is 0 Å². The van der Waals surface area contributed by atoms with Crippen molar-refractivity contribution in [2.45, 2.75) is 117 Å². The molecule has 2 atom stereocenters. The van der Waals surface area contributed by atoms with E-state index in [0.29, 0.717) is 0 Å². The molecule has 0 fully saturated rings. The van der Waals surface area contributed by atoms with Gasteiger partial charge in [0.05, 0.1) is 0 Å². The van der Waals surface area contributed by atoms with E-state index in [-0.39, 0.29) is 0 Å². The van der Waals surface area contributed by atoms with E-state index >= 15 is 0 Å². The van der Waals surface area contributed by atoms with Crippen molar-refractivity contribution in [2.75, 3.05) is 0 Å². The van der Waals surface area contributed by atoms with E-state index in [1.165, 1.54) is 103 Å². The lowest BCUT2D eigenvalue weighted by atomic mass is 10.1. The van der Waals surface area contributed by atoms with Crippen molar-refractivity contribution in [2.24, 2.45) is 0 Å². The zero-order valence-electron chi connectivity index (χ0n) is 16.6. The molecule has 0 aromatic heterocycles. The number of hydrogen-bond donors (Lipinski definition) is 0. The van der Waals surface area contributed by atoms with E-state index in [9.17, 15) is 0 Å². The maximum Gasteiger partial charge on any atom is -0.0347 e. The number of allylic oxidation sites excluding steroid dienone is 2. The third-order valence-corrected chi connectivity index (χ3v) is 6.91. The van der Waals surface area contributed by atoms with Gasteiger partial charge in [-0.15, -0.1) is 0 Å². The molecule has 0 spiro atoms. The van der Waals surface area contributed by atoms with E-state index < -0.39 is 0 Å². The van der Waals surface area contributed by atoms with Crippen molar-refractivity contribution in [1.82, 2.24) is 0 Å². The molecule has 0 aliphatic heterocycles. The van der Waals surface area contributed by atoms with Crippen LogP contribution < -0.4 is 0 Å². The van der Waals surface area contributed by atoms with Crippen molar-refractivity contribution in [1.29, 1.82) is 0 Å². The molecule has 0 bridgehead atoms. The third-order valence-electron chi connectivity index (χ3n) is 4.43. The molecular weight excluding hydrogens is 326 g/mol. The predicted molar refractivity (Wildman–Crippen MR) is 120 cm³/mol. The molecule has 0 aliphatic rings. The Hall–Kier alpha value is 0.340. The first-order chi connectivity index (χ1) is 11.9. The van der Waals surface area contributed by atoms with E-state index in [0.717, 1.165) is 16.5 Å². The summed E-state index contributed by atoms with van der Waals surface area (Å²) in [6.07, 6.45) is 27.3. The Morgan fingerprint density at radius 2 is 0.792 bits per heavy atom. The summed E-state index contributed by atoms with van der Waals surface area (Å²) in [5.41, 5.74) is 0. The summed E-state index contributed by atoms with van der Waals surface area (Å²) in [6, 6.07) is 0. The lowest BCUT2D eigenvalue weighted by Crippen LogP contribution is -1.78. The van der Waals surface area contributed by atoms with Gasteiger partial charge in [-0.25, -0.2) is 0 Å². The molecule has 0 nitrogen and oxygen atoms in total. The van der Waals surface area contributed by atoms with Gasteiger partial charge in [-0.1, -0.05) is 131 Å². The van der Waals surface area contributed by atoms with Crippen LogP contribution in [0.5, 0.6) is 0 Å². The molecule has 0 aromatic carbocycles. The molecule has 2 unspecified atom stereocenters. The topological polar surface area (TPSA) is 0 Å². The molecule has 0 radical (unpaired) electrons. The quantitative estimate of drug-likeness (QED) is 0.157. The van der Waals surface area contributed by atoms with Crippen molar-refractivity contribution in [3.63, 3.8) is 0 Å². The average Bonchev–Trinajstić information content (AvgIpc) is 2.60. The van der Waals surface area contributed by atoms with Crippen LogP contribution in [0.2, 0.25) is 0 Å². The molecule has 2 heteroatoms. The van der Waals surface area contributed by atoms with Crippen LogP contribution in [0.25, 0.3) is 0 Å². The second-order valence-electron chi connectivity index (χ2n) is 6.91. The normalized spacial score (nSPS) is 12.9. The first-order valence-electron chi connectivity index (χ1n) is 10.7. The molecule has 24 heavy (non-hydrogen) atoms. The van der Waals surface area contributed by atoms with E-state index in [1.54, 1.807) is 0 Å². The molecular formula is C22H44P2. The molecule has 0 saturated carbocycles. The Morgan fingerprint density at radius 1 is 0.458 bits per heavy atom. The highest BCUT2D eigenvalue weighted by Crippen LogP contribution is 2.39. The molecule has 0 aromatic rings. The smallest absolute Gasteiger partial charge is 0.0347 e. The molecule has 0 rings (SSSR count). The van der Waals surface area contributed by atoms with Crippen LogP contribution >= 0.6 is 16.5 Å². The lowest BCUT2D eigenvalue weighted by Gasteiger charge is -1.99. The van der Waals surface area contributed by atoms with Gasteiger partial charge in [-0.05, 0) is 25.7 Å². The maximum absolute atomic E-state index is 2.42. The summed E-state index contributed by atoms with van der Waals surface area (Å²) in [6.45, 7) is 4.58. The van der Waals surface area contributed by atoms with Crippen LogP contribution in [0.3, 0.4) is 0 Å². The minimum atomic E-state index is 1.02. The monoisotopic (exact) mass is 370 g/mol. The number of rotatable bonds is 19. The summed E-state index contributed by atoms with van der Waals surface area (Å²) in [7, 11) is 2.03. The van der Waals surface area contributed by atoms with Crippen LogP contribution in [0.4, 0.5) is 0 Å². The maximum atomic E-state index is 2.42. The third kappa shape index (κ3) is 22.3. The molecule has 0 amide bonds. The molecule has 0 aliphatic carbocycles. The van der Waals surface area contributed by atoms with Gasteiger partial charge in [0.15, 0.2) is 0 Å². The Balaban J connectivity index is 3.14. The zero-order valence-corrected chi connectivity index (χ0v) is 18.6. The van der Waals surface area contributed by atoms with Gasteiger partial charge in [-0.3, -0.25) is 0 Å². The van der Waals surface area contributed by atoms with Crippen LogP contribution in [0.15, 0.2) is 23.8 Å². The van der Waals surface area contributed by atoms with Gasteiger partial charge >= 0.3 is 0 Å². The Morgan fingerprint density at radius 3 is 1.17 bits per heavy atom. The minimum absolute atomic E-state index is 1.02. The summed E-state index contributed by atoms with van der Waals surface area (Å²) in [5, 5.41) is 0. The summed E-state index contributed by atoms with van der Waals surface area (Å²) >= 11 is 0. The minimum Gasteiger partial charge on any atom is -0.0840 e.